The zero-order valence-electron chi connectivity index (χ0n) is 20.9. The topological polar surface area (TPSA) is 66.8 Å². The Balaban J connectivity index is 0.000000238. The van der Waals surface area contributed by atoms with Crippen LogP contribution in [0, 0.1) is 0 Å². The van der Waals surface area contributed by atoms with Crippen LogP contribution in [-0.4, -0.2) is 59.0 Å². The van der Waals surface area contributed by atoms with Crippen LogP contribution >= 0.6 is 0 Å². The van der Waals surface area contributed by atoms with Crippen LogP contribution in [0.25, 0.3) is 0 Å². The zero-order chi connectivity index (χ0) is 24.7. The van der Waals surface area contributed by atoms with Gasteiger partial charge in [0.15, 0.2) is 0 Å². The fraction of sp³-hybridized carbons (Fsp3) is 0.440. The lowest BCUT2D eigenvalue weighted by atomic mass is 10.4. The number of carboxylic acid groups (broad SMARTS) is 1. The fourth-order valence-electron chi connectivity index (χ4n) is 4.75. The van der Waals surface area contributed by atoms with Gasteiger partial charge in [0.1, 0.15) is 24.5 Å². The molecule has 1 aliphatic rings. The molecule has 1 N–H and O–H groups in total. The van der Waals surface area contributed by atoms with Gasteiger partial charge in [-0.25, -0.2) is 0 Å². The van der Waals surface area contributed by atoms with Gasteiger partial charge in [0.25, 0.3) is 0 Å². The molecule has 1 aliphatic heterocycles. The van der Waals surface area contributed by atoms with Crippen LogP contribution in [0.15, 0.2) is 60.7 Å². The molecule has 1 heterocycles. The second-order valence-electron chi connectivity index (χ2n) is 10.2. The second-order valence-corrected chi connectivity index (χ2v) is 24.1. The van der Waals surface area contributed by atoms with Gasteiger partial charge in [-0.15, -0.1) is 0 Å². The molecule has 0 radical (unpaired) electrons. The third kappa shape index (κ3) is 7.23. The van der Waals surface area contributed by atoms with E-state index in [0.29, 0.717) is 13.2 Å². The largest absolute Gasteiger partial charge is 0.481 e. The lowest BCUT2D eigenvalue weighted by Crippen LogP contribution is -2.56. The first kappa shape index (κ1) is 27.2. The maximum Gasteiger partial charge on any atom is 0.318 e. The van der Waals surface area contributed by atoms with E-state index in [4.69, 9.17) is 4.74 Å². The minimum atomic E-state index is -2.16. The van der Waals surface area contributed by atoms with Gasteiger partial charge in [0.05, 0.1) is 13.2 Å². The third-order valence-electron chi connectivity index (χ3n) is 6.73. The molecule has 3 rings (SSSR count). The van der Waals surface area contributed by atoms with Gasteiger partial charge in [-0.1, -0.05) is 104 Å². The van der Waals surface area contributed by atoms with Crippen molar-refractivity contribution in [3.05, 3.63) is 60.7 Å². The maximum atomic E-state index is 11.6. The Kier molecular flexibility index (Phi) is 9.42. The molecule has 0 spiro atoms. The molecule has 8 heteroatoms. The van der Waals surface area contributed by atoms with E-state index in [-0.39, 0.29) is 12.0 Å². The lowest BCUT2D eigenvalue weighted by molar-refractivity contribution is -0.142. The average molecular weight is 502 g/mol. The summed E-state index contributed by atoms with van der Waals surface area (Å²) < 4.78 is 7.59. The van der Waals surface area contributed by atoms with E-state index < -0.39 is 30.5 Å². The van der Waals surface area contributed by atoms with Crippen LogP contribution in [0.5, 0.6) is 0 Å². The monoisotopic (exact) mass is 501 g/mol. The minimum Gasteiger partial charge on any atom is -0.481 e. The van der Waals surface area contributed by atoms with Gasteiger partial charge >= 0.3 is 11.9 Å². The zero-order valence-corrected chi connectivity index (χ0v) is 23.9. The van der Waals surface area contributed by atoms with Gasteiger partial charge in [0, 0.05) is 6.04 Å². The molecule has 33 heavy (non-hydrogen) atoms. The Hall–Kier alpha value is -2.01. The molecule has 0 saturated carbocycles. The summed E-state index contributed by atoms with van der Waals surface area (Å²) >= 11 is 0. The third-order valence-corrected chi connectivity index (χ3v) is 21.3. The fourth-order valence-corrected chi connectivity index (χ4v) is 21.7. The van der Waals surface area contributed by atoms with Crippen LogP contribution in [0.2, 0.25) is 50.9 Å². The highest BCUT2D eigenvalue weighted by Crippen LogP contribution is 2.36. The van der Waals surface area contributed by atoms with Crippen LogP contribution in [-0.2, 0) is 14.3 Å². The van der Waals surface area contributed by atoms with E-state index in [1.54, 1.807) is 0 Å². The molecule has 0 bridgehead atoms. The van der Waals surface area contributed by atoms with E-state index in [9.17, 15) is 14.7 Å². The van der Waals surface area contributed by atoms with Gasteiger partial charge in [-0.05, 0) is 19.0 Å². The highest BCUT2D eigenvalue weighted by atomic mass is 28.4. The molecule has 0 aliphatic carbocycles. The molecule has 0 amide bonds. The lowest BCUT2D eigenvalue weighted by Gasteiger charge is -2.37. The highest BCUT2D eigenvalue weighted by Gasteiger charge is 2.47. The number of nitrogens with zero attached hydrogens (tertiary/aromatic N) is 1. The summed E-state index contributed by atoms with van der Waals surface area (Å²) in [6, 6.07) is 22.9. The molecule has 0 aromatic heterocycles. The number of carbonyl (C=O) groups excluding carboxylic acids is 1. The molecule has 2 aromatic carbocycles. The van der Waals surface area contributed by atoms with Crippen molar-refractivity contribution in [3.8, 4) is 0 Å². The van der Waals surface area contributed by atoms with Crippen molar-refractivity contribution in [1.82, 2.24) is 4.23 Å². The number of aliphatic carboxylic acids is 1. The molecular formula is C25H39NO4Si3. The van der Waals surface area contributed by atoms with Gasteiger partial charge in [-0.2, -0.15) is 0 Å². The van der Waals surface area contributed by atoms with Gasteiger partial charge < -0.3 is 14.1 Å². The van der Waals surface area contributed by atoms with Crippen LogP contribution in [0.1, 0.15) is 6.92 Å². The number of carbonyl (C=O) groups is 2. The predicted molar refractivity (Wildman–Crippen MR) is 144 cm³/mol. The van der Waals surface area contributed by atoms with Crippen molar-refractivity contribution >= 4 is 46.9 Å². The summed E-state index contributed by atoms with van der Waals surface area (Å²) in [6.45, 7) is 14.5. The van der Waals surface area contributed by atoms with Crippen LogP contribution < -0.4 is 10.4 Å². The van der Waals surface area contributed by atoms with Crippen LogP contribution in [0.4, 0.5) is 0 Å². The highest BCUT2D eigenvalue weighted by molar-refractivity contribution is 7.02. The Morgan fingerprint density at radius 1 is 0.909 bits per heavy atom. The molecule has 5 nitrogen and oxygen atoms in total. The smallest absolute Gasteiger partial charge is 0.318 e. The SMILES string of the molecule is CCOC(=O)CN1[Si](C)(C)CC[Si]1(C)C.C[Si](CC(=O)O)(c1ccccc1)c1ccccc1. The Morgan fingerprint density at radius 3 is 1.70 bits per heavy atom. The molecule has 0 atom stereocenters. The summed E-state index contributed by atoms with van der Waals surface area (Å²) in [5.41, 5.74) is 0. The van der Waals surface area contributed by atoms with Crippen molar-refractivity contribution in [2.45, 2.75) is 57.8 Å². The van der Waals surface area contributed by atoms with Crippen molar-refractivity contribution < 1.29 is 19.4 Å². The van der Waals surface area contributed by atoms with E-state index in [1.165, 1.54) is 22.5 Å². The maximum absolute atomic E-state index is 11.6. The first-order chi connectivity index (χ1) is 15.4. The van der Waals surface area contributed by atoms with E-state index >= 15 is 0 Å². The van der Waals surface area contributed by atoms with E-state index in [0.717, 1.165) is 0 Å². The van der Waals surface area contributed by atoms with Gasteiger partial charge in [-0.3, -0.25) is 9.59 Å². The minimum absolute atomic E-state index is 0.0412. The molecule has 1 saturated heterocycles. The predicted octanol–water partition coefficient (Wildman–Crippen LogP) is 4.24. The number of carboxylic acids is 1. The quantitative estimate of drug-likeness (QED) is 0.454. The normalized spacial score (nSPS) is 17.0. The molecule has 2 aromatic rings. The number of hydrogen-bond donors (Lipinski definition) is 1. The number of benzene rings is 2. The number of rotatable bonds is 7. The van der Waals surface area contributed by atoms with Crippen LogP contribution in [0.3, 0.4) is 0 Å². The first-order valence-corrected chi connectivity index (χ1v) is 20.7. The standard InChI is InChI=1S/C15H16O2Si.C10H23NO2Si2/c1-18(12-15(16)17,13-8-4-2-5-9-13)14-10-6-3-7-11-14;1-6-13-10(12)9-11-14(2,3)7-8-15(11,4)5/h2-11H,12H2,1H3,(H,16,17);6-9H2,1-5H3. The van der Waals surface area contributed by atoms with Crippen molar-refractivity contribution in [1.29, 1.82) is 0 Å². The number of ether oxygens (including phenoxy) is 1. The molecule has 0 unspecified atom stereocenters. The summed E-state index contributed by atoms with van der Waals surface area (Å²) in [7, 11) is -4.77. The summed E-state index contributed by atoms with van der Waals surface area (Å²) in [6.07, 6.45) is 0. The van der Waals surface area contributed by atoms with E-state index in [2.05, 4.69) is 37.0 Å². The second kappa shape index (κ2) is 11.4. The average Bonchev–Trinajstić information content (AvgIpc) is 2.97. The summed E-state index contributed by atoms with van der Waals surface area (Å²) in [4.78, 5) is 22.8. The van der Waals surface area contributed by atoms with Crippen molar-refractivity contribution in [2.75, 3.05) is 13.2 Å². The Bertz CT molecular complexity index is 864. The van der Waals surface area contributed by atoms with Gasteiger partial charge in [0.2, 0.25) is 0 Å². The van der Waals surface area contributed by atoms with Crippen molar-refractivity contribution in [2.24, 2.45) is 0 Å². The summed E-state index contributed by atoms with van der Waals surface area (Å²) in [5, 5.41) is 11.5. The first-order valence-electron chi connectivity index (χ1n) is 11.7. The number of hydrogen-bond acceptors (Lipinski definition) is 4. The molecule has 1 fully saturated rings. The van der Waals surface area contributed by atoms with Crippen molar-refractivity contribution in [3.63, 3.8) is 0 Å². The van der Waals surface area contributed by atoms with E-state index in [1.807, 2.05) is 67.6 Å². The summed E-state index contributed by atoms with van der Waals surface area (Å²) in [5.74, 6) is -0.766. The molecule has 180 valence electrons. The Morgan fingerprint density at radius 2 is 1.33 bits per heavy atom. The Labute approximate surface area is 202 Å². The number of esters is 1. The molecular weight excluding hydrogens is 463 g/mol.